The summed E-state index contributed by atoms with van der Waals surface area (Å²) >= 11 is 2.01. The number of carboxylic acid groups (broad SMARTS) is 1. The van der Waals surface area contributed by atoms with Crippen LogP contribution >= 0.6 is 22.6 Å². The van der Waals surface area contributed by atoms with Gasteiger partial charge in [0.15, 0.2) is 0 Å². The van der Waals surface area contributed by atoms with Crippen LogP contribution in [-0.4, -0.2) is 21.5 Å². The number of rotatable bonds is 3. The maximum atomic E-state index is 9.91. The largest absolute Gasteiger partial charge is 0.481 e. The van der Waals surface area contributed by atoms with Gasteiger partial charge in [0, 0.05) is 10.5 Å². The number of hydrogen-bond acceptors (Lipinski definition) is 2. The zero-order valence-corrected chi connectivity index (χ0v) is 6.46. The van der Waals surface area contributed by atoms with Gasteiger partial charge < -0.3 is 10.8 Å². The first-order valence-electron chi connectivity index (χ1n) is 2.22. The van der Waals surface area contributed by atoms with E-state index < -0.39 is 5.97 Å². The van der Waals surface area contributed by atoms with Crippen molar-refractivity contribution in [1.29, 1.82) is 0 Å². The number of hydrogen-bond donors (Lipinski definition) is 2. The normalized spacial score (nSPS) is 13.2. The molecule has 0 saturated heterocycles. The number of carboxylic acids is 1. The van der Waals surface area contributed by atoms with Crippen LogP contribution in [0, 0.1) is 0 Å². The molecule has 0 fully saturated rings. The van der Waals surface area contributed by atoms with Crippen molar-refractivity contribution in [2.24, 2.45) is 5.73 Å². The molecule has 8 heavy (non-hydrogen) atoms. The van der Waals surface area contributed by atoms with Crippen molar-refractivity contribution in [1.82, 2.24) is 0 Å². The van der Waals surface area contributed by atoms with E-state index in [0.29, 0.717) is 6.54 Å². The average Bonchev–Trinajstić information content (AvgIpc) is 1.65. The van der Waals surface area contributed by atoms with Crippen LogP contribution in [0.5, 0.6) is 0 Å². The molecule has 0 aliphatic carbocycles. The molecule has 0 aromatic rings. The van der Waals surface area contributed by atoms with Gasteiger partial charge in [0.1, 0.15) is 0 Å². The summed E-state index contributed by atoms with van der Waals surface area (Å²) in [6, 6.07) is 0. The fraction of sp³-hybridized carbons (Fsp3) is 0.750. The maximum absolute atomic E-state index is 9.91. The number of aliphatic carboxylic acids is 1. The van der Waals surface area contributed by atoms with Crippen LogP contribution in [0.4, 0.5) is 0 Å². The predicted octanol–water partition coefficient (Wildman–Crippen LogP) is 0.223. The van der Waals surface area contributed by atoms with Gasteiger partial charge >= 0.3 is 5.97 Å². The quantitative estimate of drug-likeness (QED) is 0.537. The number of carbonyl (C=O) groups is 1. The van der Waals surface area contributed by atoms with Crippen LogP contribution < -0.4 is 5.73 Å². The Balaban J connectivity index is 3.24. The standard InChI is InChI=1S/C4H8INO2/c5-3(2-6)1-4(7)8/h3H,1-2,6H2,(H,7,8). The minimum Gasteiger partial charge on any atom is -0.481 e. The molecule has 0 spiro atoms. The first-order valence-corrected chi connectivity index (χ1v) is 3.47. The lowest BCUT2D eigenvalue weighted by Crippen LogP contribution is -2.16. The third kappa shape index (κ3) is 4.32. The summed E-state index contributed by atoms with van der Waals surface area (Å²) < 4.78 is 0.0742. The van der Waals surface area contributed by atoms with E-state index in [9.17, 15) is 4.79 Å². The molecule has 0 radical (unpaired) electrons. The molecular formula is C4H8INO2. The van der Waals surface area contributed by atoms with Crippen molar-refractivity contribution in [3.05, 3.63) is 0 Å². The molecule has 4 heteroatoms. The van der Waals surface area contributed by atoms with Gasteiger partial charge in [-0.2, -0.15) is 0 Å². The van der Waals surface area contributed by atoms with Gasteiger partial charge in [0.05, 0.1) is 6.42 Å². The molecule has 3 N–H and O–H groups in total. The monoisotopic (exact) mass is 229 g/mol. The summed E-state index contributed by atoms with van der Waals surface area (Å²) in [5.41, 5.74) is 5.15. The molecular weight excluding hydrogens is 221 g/mol. The minimum atomic E-state index is -0.783. The van der Waals surface area contributed by atoms with E-state index in [1.54, 1.807) is 0 Å². The Labute approximate surface area is 61.4 Å². The zero-order chi connectivity index (χ0) is 6.57. The van der Waals surface area contributed by atoms with Gasteiger partial charge in [-0.25, -0.2) is 0 Å². The third-order valence-corrected chi connectivity index (χ3v) is 1.60. The second kappa shape index (κ2) is 4.08. The topological polar surface area (TPSA) is 63.3 Å². The summed E-state index contributed by atoms with van der Waals surface area (Å²) in [7, 11) is 0. The van der Waals surface area contributed by atoms with Gasteiger partial charge in [-0.15, -0.1) is 0 Å². The number of alkyl halides is 1. The molecule has 0 rings (SSSR count). The smallest absolute Gasteiger partial charge is 0.304 e. The lowest BCUT2D eigenvalue weighted by Gasteiger charge is -1.98. The van der Waals surface area contributed by atoms with Crippen LogP contribution in [0.25, 0.3) is 0 Å². The highest BCUT2D eigenvalue weighted by Gasteiger charge is 2.04. The molecule has 0 bridgehead atoms. The van der Waals surface area contributed by atoms with Gasteiger partial charge in [-0.3, -0.25) is 4.79 Å². The van der Waals surface area contributed by atoms with Crippen molar-refractivity contribution in [3.8, 4) is 0 Å². The number of nitrogens with two attached hydrogens (primary N) is 1. The van der Waals surface area contributed by atoms with Gasteiger partial charge in [-0.1, -0.05) is 22.6 Å². The molecule has 1 atom stereocenters. The molecule has 48 valence electrons. The Morgan fingerprint density at radius 1 is 1.88 bits per heavy atom. The van der Waals surface area contributed by atoms with E-state index in [1.165, 1.54) is 0 Å². The van der Waals surface area contributed by atoms with E-state index in [4.69, 9.17) is 10.8 Å². The summed E-state index contributed by atoms with van der Waals surface area (Å²) in [4.78, 5) is 9.91. The second-order valence-corrected chi connectivity index (χ2v) is 3.19. The van der Waals surface area contributed by atoms with Crippen molar-refractivity contribution in [2.75, 3.05) is 6.54 Å². The SMILES string of the molecule is NCC(I)CC(=O)O. The Kier molecular flexibility index (Phi) is 4.16. The number of halogens is 1. The van der Waals surface area contributed by atoms with Crippen LogP contribution in [0.3, 0.4) is 0 Å². The van der Waals surface area contributed by atoms with Gasteiger partial charge in [0.25, 0.3) is 0 Å². The second-order valence-electron chi connectivity index (χ2n) is 1.43. The Bertz CT molecular complexity index is 86.1. The van der Waals surface area contributed by atoms with Crippen LogP contribution in [0.1, 0.15) is 6.42 Å². The Morgan fingerprint density at radius 2 is 2.38 bits per heavy atom. The molecule has 0 saturated carbocycles. The molecule has 0 aromatic carbocycles. The first kappa shape index (κ1) is 8.16. The first-order chi connectivity index (χ1) is 3.66. The molecule has 3 nitrogen and oxygen atoms in total. The third-order valence-electron chi connectivity index (χ3n) is 0.652. The minimum absolute atomic E-state index is 0.0742. The van der Waals surface area contributed by atoms with Gasteiger partial charge in [0.2, 0.25) is 0 Å². The molecule has 0 aromatic heterocycles. The maximum Gasteiger partial charge on any atom is 0.304 e. The van der Waals surface area contributed by atoms with Crippen LogP contribution in [0.15, 0.2) is 0 Å². The highest BCUT2D eigenvalue weighted by molar-refractivity contribution is 14.1. The fourth-order valence-corrected chi connectivity index (χ4v) is 0.650. The summed E-state index contributed by atoms with van der Waals surface area (Å²) in [6.45, 7) is 0.437. The van der Waals surface area contributed by atoms with Crippen molar-refractivity contribution in [2.45, 2.75) is 10.3 Å². The van der Waals surface area contributed by atoms with Crippen molar-refractivity contribution >= 4 is 28.6 Å². The zero-order valence-electron chi connectivity index (χ0n) is 4.30. The Hall–Kier alpha value is 0.160. The van der Waals surface area contributed by atoms with Crippen molar-refractivity contribution in [3.63, 3.8) is 0 Å². The lowest BCUT2D eigenvalue weighted by atomic mass is 10.3. The fourth-order valence-electron chi connectivity index (χ4n) is 0.273. The van der Waals surface area contributed by atoms with Crippen LogP contribution in [0.2, 0.25) is 0 Å². The van der Waals surface area contributed by atoms with Gasteiger partial charge in [-0.05, 0) is 0 Å². The van der Waals surface area contributed by atoms with E-state index >= 15 is 0 Å². The molecule has 1 unspecified atom stereocenters. The Morgan fingerprint density at radius 3 is 2.50 bits per heavy atom. The van der Waals surface area contributed by atoms with E-state index in [1.807, 2.05) is 22.6 Å². The lowest BCUT2D eigenvalue weighted by molar-refractivity contribution is -0.136. The molecule has 0 aliphatic heterocycles. The van der Waals surface area contributed by atoms with E-state index in [0.717, 1.165) is 0 Å². The van der Waals surface area contributed by atoms with Crippen LogP contribution in [-0.2, 0) is 4.79 Å². The van der Waals surface area contributed by atoms with Crippen molar-refractivity contribution < 1.29 is 9.90 Å². The summed E-state index contributed by atoms with van der Waals surface area (Å²) in [6.07, 6.45) is 0.164. The predicted molar refractivity (Wildman–Crippen MR) is 39.1 cm³/mol. The van der Waals surface area contributed by atoms with E-state index in [2.05, 4.69) is 0 Å². The molecule has 0 amide bonds. The highest BCUT2D eigenvalue weighted by atomic mass is 127. The molecule has 0 heterocycles. The van der Waals surface area contributed by atoms with E-state index in [-0.39, 0.29) is 10.3 Å². The average molecular weight is 229 g/mol. The summed E-state index contributed by atoms with van der Waals surface area (Å²) in [5, 5.41) is 8.15. The summed E-state index contributed by atoms with van der Waals surface area (Å²) in [5.74, 6) is -0.783. The highest BCUT2D eigenvalue weighted by Crippen LogP contribution is 2.01. The molecule has 0 aliphatic rings.